The van der Waals surface area contributed by atoms with Crippen LogP contribution in [0, 0.1) is 0 Å². The highest BCUT2D eigenvalue weighted by molar-refractivity contribution is 9.10. The molecule has 0 spiro atoms. The van der Waals surface area contributed by atoms with Crippen molar-refractivity contribution >= 4 is 21.9 Å². The van der Waals surface area contributed by atoms with E-state index >= 15 is 0 Å². The summed E-state index contributed by atoms with van der Waals surface area (Å²) in [7, 11) is 0. The number of esters is 1. The smallest absolute Gasteiger partial charge is 0.323 e. The molecule has 0 radical (unpaired) electrons. The second kappa shape index (κ2) is 5.82. The average Bonchev–Trinajstić information content (AvgIpc) is 2.21. The molecule has 0 aliphatic heterocycles. The van der Waals surface area contributed by atoms with E-state index in [4.69, 9.17) is 10.5 Å². The molecule has 5 heteroatoms. The number of nitrogens with two attached hydrogens (primary N) is 1. The highest BCUT2D eigenvalue weighted by atomic mass is 79.9. The lowest BCUT2D eigenvalue weighted by atomic mass is 10.1. The normalized spacial score (nSPS) is 12.2. The van der Waals surface area contributed by atoms with Crippen LogP contribution in [0.25, 0.3) is 0 Å². The molecule has 82 valence electrons. The maximum Gasteiger partial charge on any atom is 0.323 e. The van der Waals surface area contributed by atoms with Crippen LogP contribution in [-0.2, 0) is 16.0 Å². The van der Waals surface area contributed by atoms with E-state index in [-0.39, 0.29) is 5.97 Å². The third-order valence-corrected chi connectivity index (χ3v) is 2.60. The number of aromatic nitrogens is 1. The van der Waals surface area contributed by atoms with Crippen molar-refractivity contribution in [3.8, 4) is 0 Å². The molecular formula is C10H13BrN2O2. The van der Waals surface area contributed by atoms with E-state index in [9.17, 15) is 4.79 Å². The maximum absolute atomic E-state index is 11.3. The minimum absolute atomic E-state index is 0.351. The number of ether oxygens (including phenoxy) is 1. The second-order valence-corrected chi connectivity index (χ2v) is 3.88. The fraction of sp³-hybridized carbons (Fsp3) is 0.400. The number of nitrogens with zero attached hydrogens (tertiary/aromatic N) is 1. The number of pyridine rings is 1. The monoisotopic (exact) mass is 272 g/mol. The van der Waals surface area contributed by atoms with Gasteiger partial charge >= 0.3 is 5.97 Å². The Kier molecular flexibility index (Phi) is 4.71. The van der Waals surface area contributed by atoms with Gasteiger partial charge in [-0.1, -0.05) is 0 Å². The maximum atomic E-state index is 11.3. The molecule has 0 aliphatic rings. The Hall–Kier alpha value is -0.940. The third-order valence-electron chi connectivity index (χ3n) is 1.89. The highest BCUT2D eigenvalue weighted by Crippen LogP contribution is 2.15. The second-order valence-electron chi connectivity index (χ2n) is 3.03. The predicted octanol–water partition coefficient (Wildman–Crippen LogP) is 1.28. The summed E-state index contributed by atoms with van der Waals surface area (Å²) in [6.07, 6.45) is 3.78. The Balaban J connectivity index is 2.62. The molecule has 2 N–H and O–H groups in total. The molecule has 0 aromatic carbocycles. The Morgan fingerprint density at radius 1 is 1.73 bits per heavy atom. The minimum atomic E-state index is -0.622. The summed E-state index contributed by atoms with van der Waals surface area (Å²) >= 11 is 3.34. The predicted molar refractivity (Wildman–Crippen MR) is 60.2 cm³/mol. The van der Waals surface area contributed by atoms with Crippen LogP contribution in [0.5, 0.6) is 0 Å². The van der Waals surface area contributed by atoms with E-state index in [1.54, 1.807) is 19.3 Å². The topological polar surface area (TPSA) is 65.2 Å². The van der Waals surface area contributed by atoms with Gasteiger partial charge in [0.1, 0.15) is 6.04 Å². The zero-order chi connectivity index (χ0) is 11.3. The zero-order valence-corrected chi connectivity index (χ0v) is 10.0. The molecule has 1 aromatic heterocycles. The first-order valence-electron chi connectivity index (χ1n) is 4.65. The summed E-state index contributed by atoms with van der Waals surface area (Å²) in [5.41, 5.74) is 6.64. The number of carbonyl (C=O) groups excluding carboxylic acids is 1. The lowest BCUT2D eigenvalue weighted by Gasteiger charge is -2.11. The van der Waals surface area contributed by atoms with Crippen molar-refractivity contribution < 1.29 is 9.53 Å². The van der Waals surface area contributed by atoms with Crippen molar-refractivity contribution in [3.05, 3.63) is 28.5 Å². The van der Waals surface area contributed by atoms with Gasteiger partial charge in [-0.25, -0.2) is 0 Å². The molecule has 0 saturated carbocycles. The van der Waals surface area contributed by atoms with Gasteiger partial charge < -0.3 is 10.5 Å². The lowest BCUT2D eigenvalue weighted by molar-refractivity contribution is -0.144. The molecule has 1 atom stereocenters. The van der Waals surface area contributed by atoms with Gasteiger partial charge in [-0.2, -0.15) is 0 Å². The summed E-state index contributed by atoms with van der Waals surface area (Å²) < 4.78 is 5.67. The molecule has 1 rings (SSSR count). The highest BCUT2D eigenvalue weighted by Gasteiger charge is 2.16. The first-order chi connectivity index (χ1) is 7.15. The number of carbonyl (C=O) groups is 1. The van der Waals surface area contributed by atoms with Crippen molar-refractivity contribution in [1.29, 1.82) is 0 Å². The van der Waals surface area contributed by atoms with Crippen molar-refractivity contribution in [2.75, 3.05) is 6.61 Å². The molecule has 0 bridgehead atoms. The number of rotatable bonds is 4. The zero-order valence-electron chi connectivity index (χ0n) is 8.44. The van der Waals surface area contributed by atoms with Gasteiger partial charge in [0, 0.05) is 16.9 Å². The average molecular weight is 273 g/mol. The van der Waals surface area contributed by atoms with Crippen LogP contribution in [0.2, 0.25) is 0 Å². The van der Waals surface area contributed by atoms with Crippen LogP contribution in [0.4, 0.5) is 0 Å². The van der Waals surface area contributed by atoms with Crippen LogP contribution in [0.3, 0.4) is 0 Å². The van der Waals surface area contributed by atoms with Crippen LogP contribution in [-0.4, -0.2) is 23.6 Å². The molecule has 0 saturated heterocycles. The van der Waals surface area contributed by atoms with E-state index in [0.29, 0.717) is 13.0 Å². The van der Waals surface area contributed by atoms with Crippen LogP contribution in [0.1, 0.15) is 12.5 Å². The Morgan fingerprint density at radius 2 is 2.47 bits per heavy atom. The SMILES string of the molecule is CCOC(=O)C(N)Cc1ccncc1Br. The molecule has 1 heterocycles. The van der Waals surface area contributed by atoms with Crippen LogP contribution in [0.15, 0.2) is 22.9 Å². The summed E-state index contributed by atoms with van der Waals surface area (Å²) in [6.45, 7) is 2.11. The van der Waals surface area contributed by atoms with Gasteiger partial charge in [-0.3, -0.25) is 9.78 Å². The van der Waals surface area contributed by atoms with E-state index in [2.05, 4.69) is 20.9 Å². The van der Waals surface area contributed by atoms with Gasteiger partial charge in [0.15, 0.2) is 0 Å². The molecule has 0 amide bonds. The van der Waals surface area contributed by atoms with Gasteiger partial charge in [-0.05, 0) is 40.9 Å². The summed E-state index contributed by atoms with van der Waals surface area (Å²) in [6, 6.07) is 1.20. The van der Waals surface area contributed by atoms with Crippen molar-refractivity contribution in [2.24, 2.45) is 5.73 Å². The number of hydrogen-bond acceptors (Lipinski definition) is 4. The quantitative estimate of drug-likeness (QED) is 0.839. The molecule has 0 aliphatic carbocycles. The largest absolute Gasteiger partial charge is 0.465 e. The molecular weight excluding hydrogens is 260 g/mol. The number of hydrogen-bond donors (Lipinski definition) is 1. The molecule has 1 unspecified atom stereocenters. The summed E-state index contributed by atoms with van der Waals surface area (Å²) in [5, 5.41) is 0. The lowest BCUT2D eigenvalue weighted by Crippen LogP contribution is -2.34. The van der Waals surface area contributed by atoms with E-state index in [1.807, 2.05) is 6.07 Å². The fourth-order valence-corrected chi connectivity index (χ4v) is 1.55. The van der Waals surface area contributed by atoms with Crippen molar-refractivity contribution in [1.82, 2.24) is 4.98 Å². The van der Waals surface area contributed by atoms with Gasteiger partial charge in [-0.15, -0.1) is 0 Å². The third kappa shape index (κ3) is 3.60. The van der Waals surface area contributed by atoms with Gasteiger partial charge in [0.05, 0.1) is 6.61 Å². The first kappa shape index (κ1) is 12.1. The molecule has 1 aromatic rings. The minimum Gasteiger partial charge on any atom is -0.465 e. The first-order valence-corrected chi connectivity index (χ1v) is 5.45. The summed E-state index contributed by atoms with van der Waals surface area (Å²) in [4.78, 5) is 15.2. The Morgan fingerprint density at radius 3 is 3.07 bits per heavy atom. The van der Waals surface area contributed by atoms with Gasteiger partial charge in [0.25, 0.3) is 0 Å². The molecule has 4 nitrogen and oxygen atoms in total. The molecule has 0 fully saturated rings. The fourth-order valence-electron chi connectivity index (χ4n) is 1.14. The molecule has 15 heavy (non-hydrogen) atoms. The van der Waals surface area contributed by atoms with E-state index in [1.165, 1.54) is 0 Å². The van der Waals surface area contributed by atoms with Crippen LogP contribution >= 0.6 is 15.9 Å². The Bertz CT molecular complexity index is 344. The standard InChI is InChI=1S/C10H13BrN2O2/c1-2-15-10(14)9(12)5-7-3-4-13-6-8(7)11/h3-4,6,9H,2,5,12H2,1H3. The van der Waals surface area contributed by atoms with E-state index < -0.39 is 6.04 Å². The van der Waals surface area contributed by atoms with Crippen molar-refractivity contribution in [2.45, 2.75) is 19.4 Å². The van der Waals surface area contributed by atoms with Gasteiger partial charge in [0.2, 0.25) is 0 Å². The van der Waals surface area contributed by atoms with Crippen molar-refractivity contribution in [3.63, 3.8) is 0 Å². The number of halogens is 1. The van der Waals surface area contributed by atoms with E-state index in [0.717, 1.165) is 10.0 Å². The Labute approximate surface area is 97.0 Å². The summed E-state index contributed by atoms with van der Waals surface area (Å²) in [5.74, 6) is -0.374. The van der Waals surface area contributed by atoms with Crippen LogP contribution < -0.4 is 5.73 Å².